The van der Waals surface area contributed by atoms with Gasteiger partial charge in [0.15, 0.2) is 0 Å². The summed E-state index contributed by atoms with van der Waals surface area (Å²) >= 11 is 0. The average molecular weight is 380 g/mol. The Morgan fingerprint density at radius 1 is 0.600 bits per heavy atom. The third kappa shape index (κ3) is 22.5. The quantitative estimate of drug-likeness (QED) is 0.295. The molecule has 2 aliphatic carbocycles. The summed E-state index contributed by atoms with van der Waals surface area (Å²) in [5, 5.41) is 0. The molecule has 0 aromatic heterocycles. The van der Waals surface area contributed by atoms with Crippen LogP contribution in [-0.2, 0) is 21.7 Å². The van der Waals surface area contributed by atoms with Crippen molar-refractivity contribution in [3.63, 3.8) is 0 Å². The second kappa shape index (κ2) is 24.8. The summed E-state index contributed by atoms with van der Waals surface area (Å²) in [7, 11) is 2.42. The Balaban J connectivity index is 0. The van der Waals surface area contributed by atoms with E-state index in [1.807, 2.05) is 91.6 Å². The van der Waals surface area contributed by atoms with E-state index < -0.39 is 0 Å². The predicted molar refractivity (Wildman–Crippen MR) is 109 cm³/mol. The van der Waals surface area contributed by atoms with Gasteiger partial charge in [0.2, 0.25) is 0 Å². The first-order chi connectivity index (χ1) is 12.0. The van der Waals surface area contributed by atoms with Gasteiger partial charge >= 0.3 is 21.7 Å². The van der Waals surface area contributed by atoms with Gasteiger partial charge in [0.05, 0.1) is 0 Å². The molecule has 1 unspecified atom stereocenters. The molecule has 4 rings (SSSR count). The number of hydrogen-bond acceptors (Lipinski definition) is 0. The van der Waals surface area contributed by atoms with Crippen LogP contribution < -0.4 is 0 Å². The van der Waals surface area contributed by atoms with E-state index in [0.29, 0.717) is 0 Å². The zero-order valence-corrected chi connectivity index (χ0v) is 17.4. The SMILES string of the molecule is CP.[C-]1=CC=CC1.[C-]1=CC=CC1.[Ti+4].[c-]1ccccc1.[c-]1ccccc1. The molecule has 0 N–H and O–H groups in total. The van der Waals surface area contributed by atoms with Crippen LogP contribution in [0.15, 0.2) is 97.1 Å². The van der Waals surface area contributed by atoms with Gasteiger partial charge in [0.25, 0.3) is 0 Å². The largest absolute Gasteiger partial charge is 4.00 e. The van der Waals surface area contributed by atoms with Crippen molar-refractivity contribution in [2.45, 2.75) is 12.8 Å². The predicted octanol–water partition coefficient (Wildman–Crippen LogP) is 6.07. The molecule has 0 heterocycles. The smallest absolute Gasteiger partial charge is 0.273 e. The molecule has 0 amide bonds. The molecular formula is C23H25PTi. The molecule has 0 fully saturated rings. The average Bonchev–Trinajstić information content (AvgIpc) is 3.45. The van der Waals surface area contributed by atoms with Gasteiger partial charge in [-0.05, 0) is 0 Å². The first kappa shape index (κ1) is 25.8. The molecule has 0 spiro atoms. The Hall–Kier alpha value is -1.46. The van der Waals surface area contributed by atoms with E-state index in [-0.39, 0.29) is 21.7 Å². The molecule has 0 nitrogen and oxygen atoms in total. The van der Waals surface area contributed by atoms with Gasteiger partial charge in [-0.3, -0.25) is 12.2 Å². The van der Waals surface area contributed by atoms with E-state index in [2.05, 4.69) is 45.7 Å². The van der Waals surface area contributed by atoms with E-state index in [0.717, 1.165) is 12.8 Å². The molecule has 0 saturated heterocycles. The first-order valence-corrected chi connectivity index (χ1v) is 8.99. The van der Waals surface area contributed by atoms with Crippen molar-refractivity contribution in [1.82, 2.24) is 0 Å². The third-order valence-corrected chi connectivity index (χ3v) is 2.39. The molecule has 2 heteroatoms. The summed E-state index contributed by atoms with van der Waals surface area (Å²) in [6.07, 6.45) is 20.0. The van der Waals surface area contributed by atoms with Gasteiger partial charge in [-0.25, -0.2) is 24.3 Å². The molecule has 25 heavy (non-hydrogen) atoms. The van der Waals surface area contributed by atoms with E-state index in [1.54, 1.807) is 0 Å². The van der Waals surface area contributed by atoms with Gasteiger partial charge in [-0.2, -0.15) is 84.9 Å². The van der Waals surface area contributed by atoms with Crippen molar-refractivity contribution in [3.05, 3.63) is 121 Å². The summed E-state index contributed by atoms with van der Waals surface area (Å²) in [6.45, 7) is 1.92. The second-order valence-corrected chi connectivity index (χ2v) is 4.16. The molecular weight excluding hydrogens is 355 g/mol. The Morgan fingerprint density at radius 2 is 0.960 bits per heavy atom. The second-order valence-electron chi connectivity index (χ2n) is 4.16. The first-order valence-electron chi connectivity index (χ1n) is 7.83. The van der Waals surface area contributed by atoms with Gasteiger partial charge in [0.1, 0.15) is 0 Å². The van der Waals surface area contributed by atoms with Gasteiger partial charge in [-0.1, -0.05) is 6.66 Å². The van der Waals surface area contributed by atoms with Crippen LogP contribution in [0.2, 0.25) is 0 Å². The van der Waals surface area contributed by atoms with Crippen LogP contribution in [0.5, 0.6) is 0 Å². The zero-order chi connectivity index (χ0) is 17.6. The van der Waals surface area contributed by atoms with Crippen LogP contribution in [0.25, 0.3) is 0 Å². The minimum Gasteiger partial charge on any atom is -0.273 e. The Bertz CT molecular complexity index is 430. The molecule has 0 bridgehead atoms. The Labute approximate surface area is 171 Å². The molecule has 2 aromatic rings. The molecule has 0 saturated carbocycles. The fraction of sp³-hybridized carbons (Fsp3) is 0.130. The summed E-state index contributed by atoms with van der Waals surface area (Å²) in [5.41, 5.74) is 0. The molecule has 2 aromatic carbocycles. The topological polar surface area (TPSA) is 0 Å². The maximum absolute atomic E-state index is 2.99. The van der Waals surface area contributed by atoms with Gasteiger partial charge < -0.3 is 0 Å². The summed E-state index contributed by atoms with van der Waals surface area (Å²) in [4.78, 5) is 0. The van der Waals surface area contributed by atoms with Crippen molar-refractivity contribution >= 4 is 9.24 Å². The fourth-order valence-electron chi connectivity index (χ4n) is 1.36. The van der Waals surface area contributed by atoms with Crippen LogP contribution >= 0.6 is 9.24 Å². The minimum absolute atomic E-state index is 0. The van der Waals surface area contributed by atoms with Gasteiger partial charge in [-0.15, -0.1) is 22.1 Å². The number of rotatable bonds is 0. The summed E-state index contributed by atoms with van der Waals surface area (Å²) in [5.74, 6) is 0. The fourth-order valence-corrected chi connectivity index (χ4v) is 1.36. The van der Waals surface area contributed by atoms with Crippen molar-refractivity contribution < 1.29 is 21.7 Å². The van der Waals surface area contributed by atoms with E-state index in [1.165, 1.54) is 0 Å². The standard InChI is InChI=1S/2C6H5.2C5H5.CH5P.Ti/c2*1-2-4-6-5-3-1;2*1-2-4-5-3-1;1-2;/h2*1-5H;2*1-3H,4H2;2H2,1H3;/q4*-1;;+4. The zero-order valence-electron chi connectivity index (χ0n) is 14.7. The number of hydrogen-bond donors (Lipinski definition) is 0. The van der Waals surface area contributed by atoms with Crippen LogP contribution in [0, 0.1) is 24.3 Å². The van der Waals surface area contributed by atoms with E-state index in [4.69, 9.17) is 0 Å². The van der Waals surface area contributed by atoms with Crippen molar-refractivity contribution in [2.75, 3.05) is 6.66 Å². The maximum atomic E-state index is 2.99. The van der Waals surface area contributed by atoms with Crippen LogP contribution in [-0.4, -0.2) is 6.66 Å². The van der Waals surface area contributed by atoms with Crippen LogP contribution in [0.4, 0.5) is 0 Å². The molecule has 0 aliphatic heterocycles. The van der Waals surface area contributed by atoms with Crippen molar-refractivity contribution in [3.8, 4) is 0 Å². The van der Waals surface area contributed by atoms with Crippen molar-refractivity contribution in [1.29, 1.82) is 0 Å². The summed E-state index contributed by atoms with van der Waals surface area (Å²) < 4.78 is 0. The van der Waals surface area contributed by atoms with Crippen molar-refractivity contribution in [2.24, 2.45) is 0 Å². The summed E-state index contributed by atoms with van der Waals surface area (Å²) in [6, 6.07) is 25.0. The minimum atomic E-state index is 0. The molecule has 2 aliphatic rings. The van der Waals surface area contributed by atoms with E-state index >= 15 is 0 Å². The molecule has 0 radical (unpaired) electrons. The molecule has 126 valence electrons. The number of allylic oxidation sites excluding steroid dienone is 8. The van der Waals surface area contributed by atoms with E-state index in [9.17, 15) is 0 Å². The molecule has 1 atom stereocenters. The normalized spacial score (nSPS) is 11.1. The maximum Gasteiger partial charge on any atom is 4.00 e. The van der Waals surface area contributed by atoms with Crippen LogP contribution in [0.1, 0.15) is 12.8 Å². The Morgan fingerprint density at radius 3 is 1.04 bits per heavy atom. The van der Waals surface area contributed by atoms with Crippen LogP contribution in [0.3, 0.4) is 0 Å². The third-order valence-electron chi connectivity index (χ3n) is 2.39. The van der Waals surface area contributed by atoms with Gasteiger partial charge in [0, 0.05) is 0 Å². The monoisotopic (exact) mass is 380 g/mol. The Kier molecular flexibility index (Phi) is 25.6. The number of benzene rings is 2.